The normalized spacial score (nSPS) is 11.0. The van der Waals surface area contributed by atoms with Crippen LogP contribution in [0.2, 0.25) is 0 Å². The fourth-order valence-electron chi connectivity index (χ4n) is 2.91. The Hall–Kier alpha value is -3.21. The van der Waals surface area contributed by atoms with Gasteiger partial charge in [-0.3, -0.25) is 9.38 Å². The summed E-state index contributed by atoms with van der Waals surface area (Å²) >= 11 is 0. The number of fused-ring (bicyclic) bond motifs is 1. The second kappa shape index (κ2) is 6.36. The number of methoxy groups -OCH3 is 1. The first-order valence-corrected chi connectivity index (χ1v) is 8.22. The van der Waals surface area contributed by atoms with Crippen molar-refractivity contribution in [3.05, 3.63) is 66.6 Å². The third-order valence-electron chi connectivity index (χ3n) is 4.27. The number of benzene rings is 1. The van der Waals surface area contributed by atoms with Crippen LogP contribution in [0.5, 0.6) is 5.88 Å². The van der Waals surface area contributed by atoms with Gasteiger partial charge >= 0.3 is 0 Å². The van der Waals surface area contributed by atoms with Crippen LogP contribution in [0.3, 0.4) is 0 Å². The fourth-order valence-corrected chi connectivity index (χ4v) is 2.91. The molecule has 3 heterocycles. The van der Waals surface area contributed by atoms with Gasteiger partial charge in [0.05, 0.1) is 42.8 Å². The van der Waals surface area contributed by atoms with Crippen LogP contribution in [0.25, 0.3) is 28.3 Å². The number of imidazole rings is 1. The molecule has 0 atom stereocenters. The van der Waals surface area contributed by atoms with Crippen LogP contribution in [0.1, 0.15) is 12.5 Å². The van der Waals surface area contributed by atoms with Crippen molar-refractivity contribution in [1.29, 1.82) is 0 Å². The van der Waals surface area contributed by atoms with Crippen molar-refractivity contribution in [2.24, 2.45) is 0 Å². The summed E-state index contributed by atoms with van der Waals surface area (Å²) in [5.41, 5.74) is 5.90. The van der Waals surface area contributed by atoms with Crippen molar-refractivity contribution in [1.82, 2.24) is 19.4 Å². The maximum absolute atomic E-state index is 5.25. The highest BCUT2D eigenvalue weighted by Gasteiger charge is 2.13. The zero-order chi connectivity index (χ0) is 17.2. The predicted octanol–water partition coefficient (Wildman–Crippen LogP) is 4.03. The molecule has 0 saturated heterocycles. The maximum atomic E-state index is 5.25. The summed E-state index contributed by atoms with van der Waals surface area (Å²) in [7, 11) is 1.61. The topological polar surface area (TPSA) is 52.3 Å². The lowest BCUT2D eigenvalue weighted by Crippen LogP contribution is -1.98. The van der Waals surface area contributed by atoms with E-state index in [4.69, 9.17) is 4.74 Å². The molecule has 3 aromatic heterocycles. The van der Waals surface area contributed by atoms with E-state index in [1.165, 1.54) is 5.56 Å². The van der Waals surface area contributed by atoms with Gasteiger partial charge in [-0.15, -0.1) is 0 Å². The van der Waals surface area contributed by atoms with Crippen molar-refractivity contribution in [2.75, 3.05) is 7.11 Å². The first kappa shape index (κ1) is 15.3. The molecule has 0 saturated carbocycles. The van der Waals surface area contributed by atoms with Crippen LogP contribution in [-0.4, -0.2) is 26.5 Å². The van der Waals surface area contributed by atoms with E-state index in [0.29, 0.717) is 5.88 Å². The minimum atomic E-state index is 0.573. The van der Waals surface area contributed by atoms with E-state index in [1.54, 1.807) is 19.5 Å². The first-order chi connectivity index (χ1) is 12.3. The van der Waals surface area contributed by atoms with Crippen LogP contribution in [0, 0.1) is 0 Å². The highest BCUT2D eigenvalue weighted by Crippen LogP contribution is 2.27. The molecule has 0 aliphatic carbocycles. The number of hydrogen-bond donors (Lipinski definition) is 0. The lowest BCUT2D eigenvalue weighted by atomic mass is 10.1. The molecule has 1 aromatic carbocycles. The Labute approximate surface area is 146 Å². The Morgan fingerprint density at radius 1 is 0.960 bits per heavy atom. The lowest BCUT2D eigenvalue weighted by Gasteiger charge is -2.09. The maximum Gasteiger partial charge on any atom is 0.213 e. The molecule has 25 heavy (non-hydrogen) atoms. The first-order valence-electron chi connectivity index (χ1n) is 8.22. The van der Waals surface area contributed by atoms with E-state index in [2.05, 4.69) is 50.5 Å². The molecule has 4 rings (SSSR count). The summed E-state index contributed by atoms with van der Waals surface area (Å²) in [6, 6.07) is 14.3. The van der Waals surface area contributed by atoms with Crippen LogP contribution in [-0.2, 0) is 6.42 Å². The summed E-state index contributed by atoms with van der Waals surface area (Å²) < 4.78 is 7.33. The summed E-state index contributed by atoms with van der Waals surface area (Å²) in [5.74, 6) is 0.573. The van der Waals surface area contributed by atoms with Crippen molar-refractivity contribution in [3.63, 3.8) is 0 Å². The van der Waals surface area contributed by atoms with E-state index < -0.39 is 0 Å². The Bertz CT molecular complexity index is 1020. The average molecular weight is 330 g/mol. The van der Waals surface area contributed by atoms with Gasteiger partial charge in [0.2, 0.25) is 5.88 Å². The minimum Gasteiger partial charge on any atom is -0.481 e. The van der Waals surface area contributed by atoms with E-state index in [-0.39, 0.29) is 0 Å². The zero-order valence-electron chi connectivity index (χ0n) is 14.2. The SMILES string of the molecule is CCc1ccc(-c2cnc3cncc(-c4cccc(OC)n4)n23)cc1. The van der Waals surface area contributed by atoms with Gasteiger partial charge in [0.25, 0.3) is 0 Å². The summed E-state index contributed by atoms with van der Waals surface area (Å²) in [5, 5.41) is 0. The Kier molecular flexibility index (Phi) is 3.90. The highest BCUT2D eigenvalue weighted by molar-refractivity contribution is 5.69. The number of hydrogen-bond acceptors (Lipinski definition) is 4. The van der Waals surface area contributed by atoms with Crippen LogP contribution >= 0.6 is 0 Å². The fraction of sp³-hybridized carbons (Fsp3) is 0.150. The van der Waals surface area contributed by atoms with Gasteiger partial charge in [-0.05, 0) is 18.1 Å². The number of aryl methyl sites for hydroxylation is 1. The quantitative estimate of drug-likeness (QED) is 0.567. The molecular weight excluding hydrogens is 312 g/mol. The van der Waals surface area contributed by atoms with Crippen molar-refractivity contribution < 1.29 is 4.74 Å². The zero-order valence-corrected chi connectivity index (χ0v) is 14.2. The molecule has 0 aliphatic rings. The number of nitrogens with zero attached hydrogens (tertiary/aromatic N) is 4. The summed E-state index contributed by atoms with van der Waals surface area (Å²) in [6.45, 7) is 2.15. The van der Waals surface area contributed by atoms with E-state index in [9.17, 15) is 0 Å². The molecular formula is C20H18N4O. The number of aromatic nitrogens is 4. The molecule has 0 spiro atoms. The third kappa shape index (κ3) is 2.74. The second-order valence-corrected chi connectivity index (χ2v) is 5.75. The Balaban J connectivity index is 1.92. The molecule has 0 aliphatic heterocycles. The third-order valence-corrected chi connectivity index (χ3v) is 4.27. The van der Waals surface area contributed by atoms with Gasteiger partial charge in [-0.2, -0.15) is 0 Å². The summed E-state index contributed by atoms with van der Waals surface area (Å²) in [6.07, 6.45) is 6.46. The van der Waals surface area contributed by atoms with Gasteiger partial charge in [-0.25, -0.2) is 9.97 Å². The van der Waals surface area contributed by atoms with Gasteiger partial charge in [0.1, 0.15) is 0 Å². The van der Waals surface area contributed by atoms with Crippen LogP contribution in [0.15, 0.2) is 61.1 Å². The van der Waals surface area contributed by atoms with E-state index in [0.717, 1.165) is 34.7 Å². The predicted molar refractivity (Wildman–Crippen MR) is 97.6 cm³/mol. The smallest absolute Gasteiger partial charge is 0.213 e. The molecule has 0 amide bonds. The number of pyridine rings is 1. The van der Waals surface area contributed by atoms with E-state index >= 15 is 0 Å². The highest BCUT2D eigenvalue weighted by atomic mass is 16.5. The second-order valence-electron chi connectivity index (χ2n) is 5.75. The van der Waals surface area contributed by atoms with Gasteiger partial charge < -0.3 is 4.74 Å². The molecule has 5 heteroatoms. The average Bonchev–Trinajstić information content (AvgIpc) is 3.12. The van der Waals surface area contributed by atoms with Gasteiger partial charge in [-0.1, -0.05) is 37.3 Å². The molecule has 0 N–H and O–H groups in total. The summed E-state index contributed by atoms with van der Waals surface area (Å²) in [4.78, 5) is 13.4. The Morgan fingerprint density at radius 3 is 2.56 bits per heavy atom. The molecule has 0 radical (unpaired) electrons. The largest absolute Gasteiger partial charge is 0.481 e. The number of ether oxygens (including phenoxy) is 1. The van der Waals surface area contributed by atoms with Crippen LogP contribution < -0.4 is 4.74 Å². The Morgan fingerprint density at radius 2 is 1.80 bits per heavy atom. The standard InChI is InChI=1S/C20H18N4O/c1-3-14-7-9-15(10-8-14)17-12-22-19-13-21-11-18(24(17)19)16-5-4-6-20(23-16)25-2/h4-13H,3H2,1-2H3. The van der Waals surface area contributed by atoms with Gasteiger partial charge in [0, 0.05) is 11.6 Å². The van der Waals surface area contributed by atoms with Crippen LogP contribution in [0.4, 0.5) is 0 Å². The van der Waals surface area contributed by atoms with Crippen molar-refractivity contribution in [2.45, 2.75) is 13.3 Å². The van der Waals surface area contributed by atoms with E-state index in [1.807, 2.05) is 24.4 Å². The molecule has 124 valence electrons. The van der Waals surface area contributed by atoms with Crippen molar-refractivity contribution >= 4 is 5.65 Å². The minimum absolute atomic E-state index is 0.573. The lowest BCUT2D eigenvalue weighted by molar-refractivity contribution is 0.398. The number of rotatable bonds is 4. The monoisotopic (exact) mass is 330 g/mol. The van der Waals surface area contributed by atoms with Gasteiger partial charge in [0.15, 0.2) is 5.65 Å². The molecule has 0 bridgehead atoms. The molecule has 4 aromatic rings. The van der Waals surface area contributed by atoms with Crippen molar-refractivity contribution in [3.8, 4) is 28.5 Å². The molecule has 0 unspecified atom stereocenters. The molecule has 5 nitrogen and oxygen atoms in total. The molecule has 0 fully saturated rings.